The van der Waals surface area contributed by atoms with Gasteiger partial charge in [-0.3, -0.25) is 0 Å². The van der Waals surface area contributed by atoms with Crippen molar-refractivity contribution >= 4 is 29.1 Å². The van der Waals surface area contributed by atoms with Crippen LogP contribution >= 0.6 is 11.6 Å². The molecule has 0 saturated heterocycles. The van der Waals surface area contributed by atoms with Crippen LogP contribution < -0.4 is 10.1 Å². The summed E-state index contributed by atoms with van der Waals surface area (Å²) in [5.74, 6) is -0.288. The lowest BCUT2D eigenvalue weighted by atomic mass is 10.2. The molecule has 0 radical (unpaired) electrons. The topological polar surface area (TPSA) is 84.3 Å². The van der Waals surface area contributed by atoms with E-state index >= 15 is 0 Å². The first kappa shape index (κ1) is 13.1. The third-order valence-corrected chi connectivity index (χ3v) is 2.54. The lowest BCUT2D eigenvalue weighted by Gasteiger charge is -2.09. The van der Waals surface area contributed by atoms with Crippen molar-refractivity contribution in [3.63, 3.8) is 0 Å². The van der Waals surface area contributed by atoms with Crippen LogP contribution in [0.3, 0.4) is 0 Å². The molecule has 7 heteroatoms. The third-order valence-electron chi connectivity index (χ3n) is 2.34. The van der Waals surface area contributed by atoms with Gasteiger partial charge in [-0.1, -0.05) is 11.6 Å². The maximum Gasteiger partial charge on any atom is 0.339 e. The van der Waals surface area contributed by atoms with Crippen molar-refractivity contribution in [2.45, 2.75) is 0 Å². The molecule has 1 heterocycles. The van der Waals surface area contributed by atoms with Crippen molar-refractivity contribution in [3.05, 3.63) is 41.0 Å². The zero-order valence-electron chi connectivity index (χ0n) is 9.92. The molecule has 2 rings (SSSR count). The number of nitrogens with one attached hydrogen (secondary N) is 1. The molecule has 0 atom stereocenters. The van der Waals surface area contributed by atoms with Crippen LogP contribution in [0, 0.1) is 0 Å². The highest BCUT2D eigenvalue weighted by Crippen LogP contribution is 2.25. The predicted octanol–water partition coefficient (Wildman–Crippen LogP) is 2.58. The van der Waals surface area contributed by atoms with Crippen molar-refractivity contribution in [3.8, 4) is 5.75 Å². The molecule has 0 spiro atoms. The van der Waals surface area contributed by atoms with E-state index in [-0.39, 0.29) is 11.3 Å². The van der Waals surface area contributed by atoms with Gasteiger partial charge in [0.2, 0.25) is 0 Å². The second kappa shape index (κ2) is 5.53. The van der Waals surface area contributed by atoms with Gasteiger partial charge in [0.05, 0.1) is 7.11 Å². The zero-order chi connectivity index (χ0) is 13.8. The Morgan fingerprint density at radius 2 is 2.11 bits per heavy atom. The maximum absolute atomic E-state index is 11.0. The van der Waals surface area contributed by atoms with Crippen molar-refractivity contribution in [1.29, 1.82) is 0 Å². The van der Waals surface area contributed by atoms with E-state index in [4.69, 9.17) is 21.4 Å². The number of carboxylic acid groups (broad SMARTS) is 1. The summed E-state index contributed by atoms with van der Waals surface area (Å²) in [7, 11) is 1.41. The molecule has 0 amide bonds. The first-order valence-electron chi connectivity index (χ1n) is 5.28. The zero-order valence-corrected chi connectivity index (χ0v) is 10.7. The number of rotatable bonds is 4. The number of nitrogens with zero attached hydrogens (tertiary/aromatic N) is 2. The average molecular weight is 280 g/mol. The summed E-state index contributed by atoms with van der Waals surface area (Å²) >= 11 is 5.63. The molecule has 2 aromatic rings. The smallest absolute Gasteiger partial charge is 0.339 e. The number of carbonyl (C=O) groups is 1. The van der Waals surface area contributed by atoms with Crippen LogP contribution in [0.1, 0.15) is 10.4 Å². The highest BCUT2D eigenvalue weighted by Gasteiger charge is 2.11. The summed E-state index contributed by atoms with van der Waals surface area (Å²) in [6.07, 6.45) is 0. The summed E-state index contributed by atoms with van der Waals surface area (Å²) in [6.45, 7) is 0. The molecular weight excluding hydrogens is 270 g/mol. The summed E-state index contributed by atoms with van der Waals surface area (Å²) in [5.41, 5.74) is 0.730. The quantitative estimate of drug-likeness (QED) is 0.895. The Bertz CT molecular complexity index is 602. The van der Waals surface area contributed by atoms with Crippen LogP contribution in [-0.4, -0.2) is 28.4 Å². The normalized spacial score (nSPS) is 10.0. The van der Waals surface area contributed by atoms with Gasteiger partial charge < -0.3 is 15.2 Å². The summed E-state index contributed by atoms with van der Waals surface area (Å²) in [6, 6.07) is 7.89. The standard InChI is InChI=1S/C12H10ClN3O3/c1-19-9-6-7(2-3-8(9)12(17)18)14-11-5-4-10(13)15-16-11/h2-6H,1H3,(H,14,16)(H,17,18). The van der Waals surface area contributed by atoms with Gasteiger partial charge in [0.1, 0.15) is 11.3 Å². The Hall–Kier alpha value is -2.34. The molecular formula is C12H10ClN3O3. The average Bonchev–Trinajstić information content (AvgIpc) is 2.41. The number of aromatic nitrogens is 2. The molecule has 0 bridgehead atoms. The van der Waals surface area contributed by atoms with Gasteiger partial charge >= 0.3 is 5.97 Å². The Kier molecular flexibility index (Phi) is 3.82. The van der Waals surface area contributed by atoms with E-state index in [0.717, 1.165) is 0 Å². The maximum atomic E-state index is 11.0. The minimum Gasteiger partial charge on any atom is -0.496 e. The number of halogens is 1. The van der Waals surface area contributed by atoms with Gasteiger partial charge in [0, 0.05) is 11.8 Å². The second-order valence-corrected chi connectivity index (χ2v) is 3.97. The summed E-state index contributed by atoms with van der Waals surface area (Å²) in [4.78, 5) is 11.0. The van der Waals surface area contributed by atoms with E-state index in [2.05, 4.69) is 15.5 Å². The lowest BCUT2D eigenvalue weighted by molar-refractivity contribution is 0.0693. The number of anilines is 2. The number of hydrogen-bond donors (Lipinski definition) is 2. The van der Waals surface area contributed by atoms with Crippen LogP contribution in [0.25, 0.3) is 0 Å². The first-order valence-corrected chi connectivity index (χ1v) is 5.65. The first-order chi connectivity index (χ1) is 9.10. The molecule has 0 aliphatic carbocycles. The SMILES string of the molecule is COc1cc(Nc2ccc(Cl)nn2)ccc1C(=O)O. The number of methoxy groups -OCH3 is 1. The minimum absolute atomic E-state index is 0.0928. The van der Waals surface area contributed by atoms with Gasteiger partial charge in [-0.2, -0.15) is 0 Å². The van der Waals surface area contributed by atoms with E-state index in [1.165, 1.54) is 13.2 Å². The monoisotopic (exact) mass is 279 g/mol. The van der Waals surface area contributed by atoms with Gasteiger partial charge in [-0.15, -0.1) is 10.2 Å². The van der Waals surface area contributed by atoms with Crippen LogP contribution in [0.15, 0.2) is 30.3 Å². The van der Waals surface area contributed by atoms with Crippen LogP contribution in [0.5, 0.6) is 5.75 Å². The molecule has 0 unspecified atom stereocenters. The number of aromatic carboxylic acids is 1. The third kappa shape index (κ3) is 3.11. The number of ether oxygens (including phenoxy) is 1. The summed E-state index contributed by atoms with van der Waals surface area (Å²) < 4.78 is 5.03. The van der Waals surface area contributed by atoms with E-state index in [0.29, 0.717) is 16.7 Å². The highest BCUT2D eigenvalue weighted by atomic mass is 35.5. The predicted molar refractivity (Wildman–Crippen MR) is 70.3 cm³/mol. The van der Waals surface area contributed by atoms with Crippen molar-refractivity contribution in [2.24, 2.45) is 0 Å². The molecule has 0 saturated carbocycles. The van der Waals surface area contributed by atoms with Gasteiger partial charge in [0.15, 0.2) is 11.0 Å². The van der Waals surface area contributed by atoms with Crippen molar-refractivity contribution < 1.29 is 14.6 Å². The van der Waals surface area contributed by atoms with Crippen LogP contribution in [0.4, 0.5) is 11.5 Å². The molecule has 1 aromatic heterocycles. The minimum atomic E-state index is -1.05. The molecule has 0 aliphatic heterocycles. The van der Waals surface area contributed by atoms with E-state index in [9.17, 15) is 4.79 Å². The lowest BCUT2D eigenvalue weighted by Crippen LogP contribution is -2.02. The fraction of sp³-hybridized carbons (Fsp3) is 0.0833. The van der Waals surface area contributed by atoms with Crippen molar-refractivity contribution in [1.82, 2.24) is 10.2 Å². The molecule has 2 N–H and O–H groups in total. The number of benzene rings is 1. The van der Waals surface area contributed by atoms with E-state index < -0.39 is 5.97 Å². The Labute approximate surface area is 114 Å². The van der Waals surface area contributed by atoms with Crippen LogP contribution in [0.2, 0.25) is 5.15 Å². The Morgan fingerprint density at radius 1 is 1.32 bits per heavy atom. The molecule has 19 heavy (non-hydrogen) atoms. The van der Waals surface area contributed by atoms with E-state index in [1.807, 2.05) is 0 Å². The van der Waals surface area contributed by atoms with Crippen molar-refractivity contribution in [2.75, 3.05) is 12.4 Å². The molecule has 0 aliphatic rings. The Balaban J connectivity index is 2.26. The molecule has 98 valence electrons. The van der Waals surface area contributed by atoms with E-state index in [1.54, 1.807) is 24.3 Å². The van der Waals surface area contributed by atoms with Gasteiger partial charge in [-0.05, 0) is 24.3 Å². The van der Waals surface area contributed by atoms with Crippen LogP contribution in [-0.2, 0) is 0 Å². The fourth-order valence-electron chi connectivity index (χ4n) is 1.48. The molecule has 6 nitrogen and oxygen atoms in total. The second-order valence-electron chi connectivity index (χ2n) is 3.59. The summed E-state index contributed by atoms with van der Waals surface area (Å²) in [5, 5.41) is 19.8. The number of hydrogen-bond acceptors (Lipinski definition) is 5. The largest absolute Gasteiger partial charge is 0.496 e. The molecule has 0 fully saturated rings. The number of carboxylic acids is 1. The molecule has 1 aromatic carbocycles. The fourth-order valence-corrected chi connectivity index (χ4v) is 1.58. The Morgan fingerprint density at radius 3 is 2.68 bits per heavy atom. The van der Waals surface area contributed by atoms with Gasteiger partial charge in [-0.25, -0.2) is 4.79 Å². The highest BCUT2D eigenvalue weighted by molar-refractivity contribution is 6.29. The van der Waals surface area contributed by atoms with Gasteiger partial charge in [0.25, 0.3) is 0 Å².